The smallest absolute Gasteiger partial charge is 0.283 e. The van der Waals surface area contributed by atoms with Gasteiger partial charge in [0.05, 0.1) is 10.6 Å². The van der Waals surface area contributed by atoms with Crippen LogP contribution in [0.3, 0.4) is 0 Å². The Morgan fingerprint density at radius 1 is 0.846 bits per heavy atom. The predicted molar refractivity (Wildman–Crippen MR) is 146 cm³/mol. The quantitative estimate of drug-likeness (QED) is 0.296. The zero-order valence-electron chi connectivity index (χ0n) is 21.1. The molecule has 2 N–H and O–H groups in total. The fraction of sp³-hybridized carbons (Fsp3) is 0.107. The highest BCUT2D eigenvalue weighted by Crippen LogP contribution is 2.40. The number of rotatable bonds is 7. The number of aryl methyl sites for hydroxylation is 2. The van der Waals surface area contributed by atoms with Crippen LogP contribution in [0, 0.1) is 13.8 Å². The molecule has 196 valence electrons. The van der Waals surface area contributed by atoms with Gasteiger partial charge in [-0.15, -0.1) is 5.11 Å². The first kappa shape index (κ1) is 25.7. The maximum atomic E-state index is 13.4. The number of anilines is 2. The van der Waals surface area contributed by atoms with E-state index >= 15 is 0 Å². The molecule has 0 saturated carbocycles. The third kappa shape index (κ3) is 5.39. The number of carbonyl (C=O) groups excluding carboxylic acids is 1. The van der Waals surface area contributed by atoms with E-state index in [4.69, 9.17) is 0 Å². The van der Waals surface area contributed by atoms with Crippen LogP contribution in [-0.4, -0.2) is 29.4 Å². The summed E-state index contributed by atoms with van der Waals surface area (Å²) in [6.07, 6.45) is 0. The summed E-state index contributed by atoms with van der Waals surface area (Å²) in [7, 11) is -3.94. The van der Waals surface area contributed by atoms with Gasteiger partial charge in [-0.05, 0) is 61.9 Å². The number of benzene rings is 3. The Balaban J connectivity index is 1.40. The van der Waals surface area contributed by atoms with Crippen LogP contribution in [-0.2, 0) is 14.8 Å². The largest absolute Gasteiger partial charge is 0.507 e. The number of azo groups is 1. The number of nitrogens with zero attached hydrogens (tertiary/aromatic N) is 5. The van der Waals surface area contributed by atoms with Gasteiger partial charge in [0.15, 0.2) is 11.5 Å². The molecule has 2 heterocycles. The van der Waals surface area contributed by atoms with Crippen molar-refractivity contribution in [1.29, 1.82) is 0 Å². The van der Waals surface area contributed by atoms with Gasteiger partial charge < -0.3 is 5.11 Å². The van der Waals surface area contributed by atoms with E-state index in [1.807, 2.05) is 36.4 Å². The number of aliphatic hydroxyl groups excluding tert-OH is 1. The first-order valence-corrected chi connectivity index (χ1v) is 13.4. The minimum atomic E-state index is -3.94. The zero-order chi connectivity index (χ0) is 27.6. The summed E-state index contributed by atoms with van der Waals surface area (Å²) in [4.78, 5) is 23.0. The van der Waals surface area contributed by atoms with Gasteiger partial charge >= 0.3 is 0 Å². The molecule has 0 bridgehead atoms. The third-order valence-corrected chi connectivity index (χ3v) is 7.30. The molecule has 1 atom stereocenters. The van der Waals surface area contributed by atoms with E-state index < -0.39 is 22.0 Å². The Bertz CT molecular complexity index is 1670. The van der Waals surface area contributed by atoms with Crippen molar-refractivity contribution < 1.29 is 18.3 Å². The van der Waals surface area contributed by atoms with Crippen molar-refractivity contribution in [2.75, 3.05) is 9.62 Å². The molecule has 5 rings (SSSR count). The summed E-state index contributed by atoms with van der Waals surface area (Å²) in [6, 6.07) is 24.7. The number of hydrogen-bond donors (Lipinski definition) is 2. The van der Waals surface area contributed by atoms with Crippen molar-refractivity contribution >= 4 is 33.3 Å². The van der Waals surface area contributed by atoms with E-state index in [0.717, 1.165) is 0 Å². The van der Waals surface area contributed by atoms with Crippen LogP contribution in [0.1, 0.15) is 23.0 Å². The third-order valence-electron chi connectivity index (χ3n) is 5.95. The van der Waals surface area contributed by atoms with Crippen LogP contribution in [0.5, 0.6) is 0 Å². The van der Waals surface area contributed by atoms with Crippen molar-refractivity contribution in [2.24, 2.45) is 10.2 Å². The van der Waals surface area contributed by atoms with Gasteiger partial charge in [-0.3, -0.25) is 9.69 Å². The second kappa shape index (κ2) is 10.5. The number of amides is 1. The summed E-state index contributed by atoms with van der Waals surface area (Å²) in [5.74, 6) is -0.752. The van der Waals surface area contributed by atoms with Crippen LogP contribution in [0.25, 0.3) is 0 Å². The minimum absolute atomic E-state index is 0.0191. The van der Waals surface area contributed by atoms with Gasteiger partial charge in [-0.25, -0.2) is 23.1 Å². The van der Waals surface area contributed by atoms with Crippen molar-refractivity contribution in [3.05, 3.63) is 119 Å². The molecule has 0 aliphatic carbocycles. The van der Waals surface area contributed by atoms with E-state index in [0.29, 0.717) is 28.3 Å². The lowest BCUT2D eigenvalue weighted by Crippen LogP contribution is -2.30. The lowest BCUT2D eigenvalue weighted by atomic mass is 10.0. The van der Waals surface area contributed by atoms with Crippen LogP contribution < -0.4 is 9.62 Å². The predicted octanol–water partition coefficient (Wildman–Crippen LogP) is 5.54. The molecule has 0 saturated heterocycles. The van der Waals surface area contributed by atoms with Gasteiger partial charge in [0.1, 0.15) is 6.04 Å². The maximum absolute atomic E-state index is 13.4. The molecule has 10 nitrogen and oxygen atoms in total. The summed E-state index contributed by atoms with van der Waals surface area (Å²) in [6.45, 7) is 3.49. The van der Waals surface area contributed by atoms with Gasteiger partial charge in [-0.1, -0.05) is 48.5 Å². The van der Waals surface area contributed by atoms with Gasteiger partial charge in [-0.2, -0.15) is 5.11 Å². The molecular weight excluding hydrogens is 516 g/mol. The molecule has 11 heteroatoms. The first-order chi connectivity index (χ1) is 18.7. The summed E-state index contributed by atoms with van der Waals surface area (Å²) < 4.78 is 28.0. The number of aromatic nitrogens is 2. The standard InChI is InChI=1S/C28H24N6O4S/c1-18-17-19(2)30-28(29-18)33-39(37,38)23-15-13-21(14-16-23)31-32-24-26(35)25(20-9-5-3-6-10-20)34(27(24)36)22-11-7-4-8-12-22/h3-17,25,35H,1-2H3,(H,29,30,33)/t25-/m0/s1. The minimum Gasteiger partial charge on any atom is -0.507 e. The molecule has 39 heavy (non-hydrogen) atoms. The summed E-state index contributed by atoms with van der Waals surface area (Å²) >= 11 is 0. The highest BCUT2D eigenvalue weighted by atomic mass is 32.2. The molecule has 4 aromatic rings. The Kier molecular flexibility index (Phi) is 6.90. The van der Waals surface area contributed by atoms with Crippen molar-refractivity contribution in [3.63, 3.8) is 0 Å². The van der Waals surface area contributed by atoms with Crippen LogP contribution >= 0.6 is 0 Å². The highest BCUT2D eigenvalue weighted by Gasteiger charge is 2.42. The number of sulfonamides is 1. The van der Waals surface area contributed by atoms with Crippen LogP contribution in [0.15, 0.2) is 118 Å². The monoisotopic (exact) mass is 540 g/mol. The molecule has 0 fully saturated rings. The maximum Gasteiger partial charge on any atom is 0.283 e. The molecule has 1 amide bonds. The molecule has 0 radical (unpaired) electrons. The fourth-order valence-corrected chi connectivity index (χ4v) is 5.18. The van der Waals surface area contributed by atoms with E-state index in [1.165, 1.54) is 29.2 Å². The molecule has 0 spiro atoms. The lowest BCUT2D eigenvalue weighted by molar-refractivity contribution is -0.114. The average Bonchev–Trinajstić information content (AvgIpc) is 3.17. The molecule has 3 aromatic carbocycles. The Morgan fingerprint density at radius 3 is 2.05 bits per heavy atom. The average molecular weight is 541 g/mol. The van der Waals surface area contributed by atoms with Crippen molar-refractivity contribution in [2.45, 2.75) is 24.8 Å². The van der Waals surface area contributed by atoms with Crippen molar-refractivity contribution in [3.8, 4) is 0 Å². The summed E-state index contributed by atoms with van der Waals surface area (Å²) in [5.41, 5.74) is 2.68. The number of carbonyl (C=O) groups is 1. The Hall–Kier alpha value is -4.90. The lowest BCUT2D eigenvalue weighted by Gasteiger charge is -2.25. The number of hydrogen-bond acceptors (Lipinski definition) is 8. The topological polar surface area (TPSA) is 137 Å². The van der Waals surface area contributed by atoms with Gasteiger partial charge in [0.2, 0.25) is 5.95 Å². The van der Waals surface area contributed by atoms with E-state index in [2.05, 4.69) is 24.9 Å². The highest BCUT2D eigenvalue weighted by molar-refractivity contribution is 7.92. The van der Waals surface area contributed by atoms with Crippen LogP contribution in [0.2, 0.25) is 0 Å². The number of nitrogens with one attached hydrogen (secondary N) is 1. The second-order valence-electron chi connectivity index (χ2n) is 8.83. The van der Waals surface area contributed by atoms with Crippen molar-refractivity contribution in [1.82, 2.24) is 9.97 Å². The summed E-state index contributed by atoms with van der Waals surface area (Å²) in [5, 5.41) is 19.2. The van der Waals surface area contributed by atoms with E-state index in [-0.39, 0.29) is 22.3 Å². The second-order valence-corrected chi connectivity index (χ2v) is 10.5. The molecule has 1 aliphatic heterocycles. The molecule has 1 aromatic heterocycles. The SMILES string of the molecule is Cc1cc(C)nc(NS(=O)(=O)c2ccc(N=NC3=C(O)[C@H](c4ccccc4)N(c4ccccc4)C3=O)cc2)n1. The molecular formula is C28H24N6O4S. The molecule has 0 unspecified atom stereocenters. The fourth-order valence-electron chi connectivity index (χ4n) is 4.23. The number of para-hydroxylation sites is 1. The van der Waals surface area contributed by atoms with E-state index in [9.17, 15) is 18.3 Å². The van der Waals surface area contributed by atoms with E-state index in [1.54, 1.807) is 44.2 Å². The normalized spacial score (nSPS) is 15.8. The Morgan fingerprint density at radius 2 is 1.44 bits per heavy atom. The van der Waals surface area contributed by atoms with Gasteiger partial charge in [0.25, 0.3) is 15.9 Å². The number of aliphatic hydroxyl groups is 1. The molecule has 1 aliphatic rings. The first-order valence-electron chi connectivity index (χ1n) is 12.0. The Labute approximate surface area is 225 Å². The van der Waals surface area contributed by atoms with Gasteiger partial charge in [0, 0.05) is 17.1 Å². The zero-order valence-corrected chi connectivity index (χ0v) is 21.9. The van der Waals surface area contributed by atoms with Crippen LogP contribution in [0.4, 0.5) is 17.3 Å².